The molecule has 0 radical (unpaired) electrons. The molecule has 0 aromatic heterocycles. The maximum Gasteiger partial charge on any atom is 0.258 e. The van der Waals surface area contributed by atoms with Crippen LogP contribution in [0.1, 0.15) is 30.1 Å². The zero-order valence-corrected chi connectivity index (χ0v) is 14.9. The molecule has 1 fully saturated rings. The molecular formula is C18H21N3O3S. The van der Waals surface area contributed by atoms with Gasteiger partial charge in [-0.05, 0) is 38.0 Å². The molecule has 1 saturated heterocycles. The summed E-state index contributed by atoms with van der Waals surface area (Å²) in [4.78, 5) is 14.5. The fourth-order valence-corrected chi connectivity index (χ4v) is 5.61. The molecule has 132 valence electrons. The van der Waals surface area contributed by atoms with Gasteiger partial charge in [0.15, 0.2) is 0 Å². The Balaban J connectivity index is 1.91. The molecule has 1 amide bonds. The lowest BCUT2D eigenvalue weighted by Gasteiger charge is -2.30. The van der Waals surface area contributed by atoms with Gasteiger partial charge < -0.3 is 10.6 Å². The van der Waals surface area contributed by atoms with Crippen molar-refractivity contribution in [1.29, 1.82) is 0 Å². The van der Waals surface area contributed by atoms with Gasteiger partial charge in [0.25, 0.3) is 5.91 Å². The topological polar surface area (TPSA) is 83.7 Å². The summed E-state index contributed by atoms with van der Waals surface area (Å²) in [5.74, 6) is -0.0716. The molecule has 2 aliphatic rings. The summed E-state index contributed by atoms with van der Waals surface area (Å²) in [5, 5.41) is 1.34. The second-order valence-corrected chi connectivity index (χ2v) is 8.53. The van der Waals surface area contributed by atoms with Crippen LogP contribution in [0.15, 0.2) is 35.2 Å². The largest absolute Gasteiger partial charge is 0.327 e. The Morgan fingerprint density at radius 2 is 2.04 bits per heavy atom. The van der Waals surface area contributed by atoms with Crippen LogP contribution < -0.4 is 10.6 Å². The second kappa shape index (κ2) is 5.79. The van der Waals surface area contributed by atoms with Crippen LogP contribution in [0.2, 0.25) is 0 Å². The molecule has 0 saturated carbocycles. The Morgan fingerprint density at radius 3 is 2.76 bits per heavy atom. The summed E-state index contributed by atoms with van der Waals surface area (Å²) in [7, 11) is -3.65. The maximum atomic E-state index is 13.2. The standard InChI is InChI=1S/C18H21N3O3S/c1-2-21-15-8-9-16(13-6-3-7-14(17(13)15)18(21)22)25(23,24)20-10-4-5-12(19)11-20/h3,6-9,12H,2,4-5,10-11,19H2,1H3/t12-/m0/s1. The molecule has 7 heteroatoms. The Labute approximate surface area is 147 Å². The number of nitrogens with two attached hydrogens (primary N) is 1. The molecule has 25 heavy (non-hydrogen) atoms. The summed E-state index contributed by atoms with van der Waals surface area (Å²) in [6.45, 7) is 3.29. The minimum atomic E-state index is -3.65. The first-order valence-electron chi connectivity index (χ1n) is 8.58. The summed E-state index contributed by atoms with van der Waals surface area (Å²) in [6.07, 6.45) is 1.61. The van der Waals surface area contributed by atoms with E-state index in [1.807, 2.05) is 6.92 Å². The van der Waals surface area contributed by atoms with Crippen LogP contribution in [0.25, 0.3) is 10.8 Å². The Hall–Kier alpha value is -1.96. The predicted octanol–water partition coefficient (Wildman–Crippen LogP) is 1.93. The number of hydrogen-bond donors (Lipinski definition) is 1. The van der Waals surface area contributed by atoms with E-state index in [0.29, 0.717) is 30.6 Å². The molecule has 2 N–H and O–H groups in total. The zero-order chi connectivity index (χ0) is 17.8. The third-order valence-corrected chi connectivity index (χ3v) is 7.02. The number of nitrogens with zero attached hydrogens (tertiary/aromatic N) is 2. The van der Waals surface area contributed by atoms with Crippen molar-refractivity contribution in [3.8, 4) is 0 Å². The number of anilines is 1. The molecule has 2 aromatic rings. The minimum Gasteiger partial charge on any atom is -0.327 e. The van der Waals surface area contributed by atoms with Crippen molar-refractivity contribution in [2.75, 3.05) is 24.5 Å². The average Bonchev–Trinajstić information content (AvgIpc) is 2.88. The molecule has 0 bridgehead atoms. The highest BCUT2D eigenvalue weighted by molar-refractivity contribution is 7.89. The monoisotopic (exact) mass is 359 g/mol. The van der Waals surface area contributed by atoms with Gasteiger partial charge in [0.05, 0.1) is 10.6 Å². The van der Waals surface area contributed by atoms with E-state index in [4.69, 9.17) is 5.73 Å². The van der Waals surface area contributed by atoms with Gasteiger partial charge in [-0.2, -0.15) is 4.31 Å². The zero-order valence-electron chi connectivity index (χ0n) is 14.1. The normalized spacial score (nSPS) is 21.3. The van der Waals surface area contributed by atoms with Crippen molar-refractivity contribution >= 4 is 32.4 Å². The van der Waals surface area contributed by atoms with E-state index >= 15 is 0 Å². The summed E-state index contributed by atoms with van der Waals surface area (Å²) in [6, 6.07) is 8.54. The molecule has 1 atom stereocenters. The smallest absolute Gasteiger partial charge is 0.258 e. The first kappa shape index (κ1) is 16.5. The van der Waals surface area contributed by atoms with Crippen molar-refractivity contribution in [2.45, 2.75) is 30.7 Å². The van der Waals surface area contributed by atoms with Crippen molar-refractivity contribution < 1.29 is 13.2 Å². The van der Waals surface area contributed by atoms with Crippen LogP contribution in [0, 0.1) is 0 Å². The molecular weight excluding hydrogens is 338 g/mol. The predicted molar refractivity (Wildman–Crippen MR) is 97.3 cm³/mol. The SMILES string of the molecule is CCN1C(=O)c2cccc3c(S(=O)(=O)N4CCC[C@H](N)C4)ccc1c23. The van der Waals surface area contributed by atoms with E-state index in [0.717, 1.165) is 23.9 Å². The molecule has 0 spiro atoms. The lowest BCUT2D eigenvalue weighted by molar-refractivity contribution is 0.0994. The highest BCUT2D eigenvalue weighted by Gasteiger charge is 2.34. The van der Waals surface area contributed by atoms with Gasteiger partial charge in [0, 0.05) is 42.0 Å². The molecule has 0 aliphatic carbocycles. The van der Waals surface area contributed by atoms with Crippen LogP contribution in [0.5, 0.6) is 0 Å². The number of rotatable bonds is 3. The number of carbonyl (C=O) groups is 1. The van der Waals surface area contributed by atoms with Crippen molar-refractivity contribution in [3.05, 3.63) is 35.9 Å². The molecule has 2 heterocycles. The molecule has 2 aromatic carbocycles. The summed E-state index contributed by atoms with van der Waals surface area (Å²) in [5.41, 5.74) is 7.32. The fraction of sp³-hybridized carbons (Fsp3) is 0.389. The molecule has 6 nitrogen and oxygen atoms in total. The highest BCUT2D eigenvalue weighted by atomic mass is 32.2. The van der Waals surface area contributed by atoms with Gasteiger partial charge >= 0.3 is 0 Å². The van der Waals surface area contributed by atoms with E-state index in [1.165, 1.54) is 4.31 Å². The van der Waals surface area contributed by atoms with Gasteiger partial charge in [-0.25, -0.2) is 8.42 Å². The Kier molecular flexibility index (Phi) is 3.82. The lowest BCUT2D eigenvalue weighted by Crippen LogP contribution is -2.45. The van der Waals surface area contributed by atoms with Crippen molar-refractivity contribution in [2.24, 2.45) is 5.73 Å². The van der Waals surface area contributed by atoms with Gasteiger partial charge in [-0.15, -0.1) is 0 Å². The quantitative estimate of drug-likeness (QED) is 0.908. The van der Waals surface area contributed by atoms with Crippen LogP contribution in [-0.2, 0) is 10.0 Å². The lowest BCUT2D eigenvalue weighted by atomic mass is 10.1. The first-order valence-corrected chi connectivity index (χ1v) is 10.0. The average molecular weight is 359 g/mol. The summed E-state index contributed by atoms with van der Waals surface area (Å²) >= 11 is 0. The van der Waals surface area contributed by atoms with Crippen molar-refractivity contribution in [1.82, 2.24) is 4.31 Å². The number of carbonyl (C=O) groups excluding carboxylic acids is 1. The first-order chi connectivity index (χ1) is 11.9. The van der Waals surface area contributed by atoms with E-state index < -0.39 is 10.0 Å². The van der Waals surface area contributed by atoms with Crippen LogP contribution in [0.3, 0.4) is 0 Å². The van der Waals surface area contributed by atoms with E-state index in [-0.39, 0.29) is 16.8 Å². The summed E-state index contributed by atoms with van der Waals surface area (Å²) < 4.78 is 27.9. The van der Waals surface area contributed by atoms with Crippen LogP contribution in [-0.4, -0.2) is 44.3 Å². The second-order valence-electron chi connectivity index (χ2n) is 6.63. The Bertz CT molecular complexity index is 971. The maximum absolute atomic E-state index is 13.2. The molecule has 2 aliphatic heterocycles. The number of hydrogen-bond acceptors (Lipinski definition) is 4. The van der Waals surface area contributed by atoms with E-state index in [9.17, 15) is 13.2 Å². The van der Waals surface area contributed by atoms with Crippen molar-refractivity contribution in [3.63, 3.8) is 0 Å². The molecule has 0 unspecified atom stereocenters. The van der Waals surface area contributed by atoms with E-state index in [2.05, 4.69) is 0 Å². The number of amides is 1. The number of sulfonamides is 1. The van der Waals surface area contributed by atoms with Crippen LogP contribution in [0.4, 0.5) is 5.69 Å². The Morgan fingerprint density at radius 1 is 1.24 bits per heavy atom. The van der Waals surface area contributed by atoms with Gasteiger partial charge in [0.1, 0.15) is 0 Å². The fourth-order valence-electron chi connectivity index (χ4n) is 3.89. The number of benzene rings is 2. The highest BCUT2D eigenvalue weighted by Crippen LogP contribution is 2.40. The third-order valence-electron chi connectivity index (χ3n) is 5.10. The van der Waals surface area contributed by atoms with Gasteiger partial charge in [-0.3, -0.25) is 4.79 Å². The number of piperidine rings is 1. The van der Waals surface area contributed by atoms with Crippen LogP contribution >= 0.6 is 0 Å². The van der Waals surface area contributed by atoms with E-state index in [1.54, 1.807) is 35.2 Å². The van der Waals surface area contributed by atoms with Gasteiger partial charge in [0.2, 0.25) is 10.0 Å². The van der Waals surface area contributed by atoms with Gasteiger partial charge in [-0.1, -0.05) is 12.1 Å². The third kappa shape index (κ3) is 2.38. The molecule has 4 rings (SSSR count). The minimum absolute atomic E-state index is 0.0716.